The molecule has 0 spiro atoms. The van der Waals surface area contributed by atoms with Crippen LogP contribution in [0.15, 0.2) is 6.08 Å². The highest BCUT2D eigenvalue weighted by Gasteiger charge is 1.86. The highest BCUT2D eigenvalue weighted by Crippen LogP contribution is 1.84. The van der Waals surface area contributed by atoms with E-state index in [4.69, 9.17) is 0 Å². The molecular weight excluding hydrogens is 78.0 g/mol. The van der Waals surface area contributed by atoms with Crippen molar-refractivity contribution in [3.05, 3.63) is 12.3 Å². The van der Waals surface area contributed by atoms with Gasteiger partial charge in [0.25, 0.3) is 0 Å². The van der Waals surface area contributed by atoms with E-state index >= 15 is 0 Å². The van der Waals surface area contributed by atoms with Gasteiger partial charge in [0.15, 0.2) is 6.26 Å². The maximum Gasteiger partial charge on any atom is 0.187 e. The molecule has 1 aliphatic rings. The molecule has 6 heavy (non-hydrogen) atoms. The van der Waals surface area contributed by atoms with Gasteiger partial charge >= 0.3 is 0 Å². The van der Waals surface area contributed by atoms with Gasteiger partial charge in [-0.15, -0.1) is 0 Å². The Morgan fingerprint density at radius 1 is 1.83 bits per heavy atom. The summed E-state index contributed by atoms with van der Waals surface area (Å²) < 4.78 is 0. The molecule has 0 aromatic heterocycles. The zero-order valence-corrected chi connectivity index (χ0v) is 3.40. The lowest BCUT2D eigenvalue weighted by atomic mass is 10.4. The van der Waals surface area contributed by atoms with E-state index in [-0.39, 0.29) is 0 Å². The molecule has 0 saturated carbocycles. The summed E-state index contributed by atoms with van der Waals surface area (Å²) in [6, 6.07) is 0. The summed E-state index contributed by atoms with van der Waals surface area (Å²) in [6.45, 7) is 0.910. The summed E-state index contributed by atoms with van der Waals surface area (Å²) in [6.07, 6.45) is 5.43. The van der Waals surface area contributed by atoms with Crippen molar-refractivity contribution in [1.82, 2.24) is 5.48 Å². The van der Waals surface area contributed by atoms with Gasteiger partial charge in [0.1, 0.15) is 0 Å². The van der Waals surface area contributed by atoms with Crippen molar-refractivity contribution in [1.29, 1.82) is 0 Å². The molecule has 0 saturated heterocycles. The average Bonchev–Trinajstić information content (AvgIpc) is 1.72. The Hall–Kier alpha value is -0.500. The van der Waals surface area contributed by atoms with Crippen LogP contribution in [0.4, 0.5) is 0 Å². The summed E-state index contributed by atoms with van der Waals surface area (Å²) >= 11 is 0. The van der Waals surface area contributed by atoms with Crippen LogP contribution < -0.4 is 5.48 Å². The summed E-state index contributed by atoms with van der Waals surface area (Å²) in [5.74, 6) is 0. The van der Waals surface area contributed by atoms with E-state index in [2.05, 4.69) is 16.6 Å². The molecule has 1 radical (unpaired) electrons. The molecular formula is C4H6NO. The van der Waals surface area contributed by atoms with Gasteiger partial charge in [0, 0.05) is 6.54 Å². The van der Waals surface area contributed by atoms with Crippen LogP contribution in [0.25, 0.3) is 0 Å². The minimum absolute atomic E-state index is 0.910. The third-order valence-electron chi connectivity index (χ3n) is 0.605. The number of hydroxylamine groups is 1. The SMILES string of the molecule is [C]1=CCCNO1. The summed E-state index contributed by atoms with van der Waals surface area (Å²) in [5, 5.41) is 0. The smallest absolute Gasteiger partial charge is 0.187 e. The molecule has 1 heterocycles. The molecule has 1 N–H and O–H groups in total. The van der Waals surface area contributed by atoms with Crippen molar-refractivity contribution in [2.24, 2.45) is 0 Å². The van der Waals surface area contributed by atoms with E-state index in [1.807, 2.05) is 6.08 Å². The fourth-order valence-corrected chi connectivity index (χ4v) is 0.324. The molecule has 0 unspecified atom stereocenters. The maximum absolute atomic E-state index is 4.51. The maximum atomic E-state index is 4.51. The van der Waals surface area contributed by atoms with Gasteiger partial charge in [-0.2, -0.15) is 5.48 Å². The quantitative estimate of drug-likeness (QED) is 0.453. The van der Waals surface area contributed by atoms with Gasteiger partial charge in [0.05, 0.1) is 0 Å². The second kappa shape index (κ2) is 1.82. The Bertz CT molecular complexity index is 52.6. The van der Waals surface area contributed by atoms with E-state index in [0.29, 0.717) is 0 Å². The standard InChI is InChI=1S/C4H6NO/c1-2-4-6-5-3-1/h2,5H,1,3H2. The van der Waals surface area contributed by atoms with Gasteiger partial charge < -0.3 is 4.84 Å². The monoisotopic (exact) mass is 84.0 g/mol. The summed E-state index contributed by atoms with van der Waals surface area (Å²) in [5.41, 5.74) is 2.64. The molecule has 0 bridgehead atoms. The van der Waals surface area contributed by atoms with Crippen LogP contribution in [-0.4, -0.2) is 6.54 Å². The van der Waals surface area contributed by atoms with Gasteiger partial charge in [-0.05, 0) is 12.5 Å². The lowest BCUT2D eigenvalue weighted by Crippen LogP contribution is -2.15. The predicted molar refractivity (Wildman–Crippen MR) is 21.5 cm³/mol. The van der Waals surface area contributed by atoms with Crippen LogP contribution in [0.3, 0.4) is 0 Å². The number of hydrogen-bond donors (Lipinski definition) is 1. The van der Waals surface area contributed by atoms with E-state index in [1.54, 1.807) is 0 Å². The van der Waals surface area contributed by atoms with Crippen LogP contribution in [0, 0.1) is 6.26 Å². The topological polar surface area (TPSA) is 21.3 Å². The molecule has 0 aromatic rings. The van der Waals surface area contributed by atoms with Crippen molar-refractivity contribution >= 4 is 0 Å². The second-order valence-corrected chi connectivity index (χ2v) is 1.11. The third-order valence-corrected chi connectivity index (χ3v) is 0.605. The van der Waals surface area contributed by atoms with Crippen molar-refractivity contribution in [2.45, 2.75) is 6.42 Å². The van der Waals surface area contributed by atoms with Crippen LogP contribution in [-0.2, 0) is 4.84 Å². The van der Waals surface area contributed by atoms with E-state index in [1.165, 1.54) is 0 Å². The van der Waals surface area contributed by atoms with E-state index in [0.717, 1.165) is 13.0 Å². The summed E-state index contributed by atoms with van der Waals surface area (Å²) in [4.78, 5) is 4.51. The van der Waals surface area contributed by atoms with Crippen LogP contribution in [0.5, 0.6) is 0 Å². The molecule has 33 valence electrons. The minimum Gasteiger partial charge on any atom is -0.405 e. The van der Waals surface area contributed by atoms with Crippen LogP contribution >= 0.6 is 0 Å². The molecule has 0 fully saturated rings. The average molecular weight is 84.1 g/mol. The highest BCUT2D eigenvalue weighted by molar-refractivity contribution is 4.69. The van der Waals surface area contributed by atoms with Crippen molar-refractivity contribution in [2.75, 3.05) is 6.54 Å². The van der Waals surface area contributed by atoms with E-state index < -0.39 is 0 Å². The second-order valence-electron chi connectivity index (χ2n) is 1.11. The first kappa shape index (κ1) is 3.68. The van der Waals surface area contributed by atoms with Gasteiger partial charge in [-0.3, -0.25) is 0 Å². The lowest BCUT2D eigenvalue weighted by molar-refractivity contribution is 0.106. The molecule has 2 nitrogen and oxygen atoms in total. The summed E-state index contributed by atoms with van der Waals surface area (Å²) in [7, 11) is 0. The Labute approximate surface area is 36.8 Å². The van der Waals surface area contributed by atoms with Gasteiger partial charge in [0.2, 0.25) is 0 Å². The molecule has 0 amide bonds. The first-order valence-corrected chi connectivity index (χ1v) is 1.96. The molecule has 2 heteroatoms. The fraction of sp³-hybridized carbons (Fsp3) is 0.500. The first-order chi connectivity index (χ1) is 3.00. The normalized spacial score (nSPS) is 20.0. The minimum atomic E-state index is 0.910. The number of nitrogens with one attached hydrogen (secondary N) is 1. The Morgan fingerprint density at radius 2 is 2.83 bits per heavy atom. The Kier molecular flexibility index (Phi) is 1.12. The van der Waals surface area contributed by atoms with Crippen molar-refractivity contribution in [3.63, 3.8) is 0 Å². The molecule has 0 aromatic carbocycles. The van der Waals surface area contributed by atoms with Gasteiger partial charge in [-0.1, -0.05) is 0 Å². The van der Waals surface area contributed by atoms with Crippen molar-refractivity contribution in [3.8, 4) is 0 Å². The van der Waals surface area contributed by atoms with Gasteiger partial charge in [-0.25, -0.2) is 0 Å². The van der Waals surface area contributed by atoms with Crippen LogP contribution in [0.2, 0.25) is 0 Å². The molecule has 1 rings (SSSR count). The zero-order valence-electron chi connectivity index (χ0n) is 3.40. The van der Waals surface area contributed by atoms with Crippen molar-refractivity contribution < 1.29 is 4.84 Å². The third kappa shape index (κ3) is 0.723. The fourth-order valence-electron chi connectivity index (χ4n) is 0.324. The number of hydrogen-bond acceptors (Lipinski definition) is 2. The van der Waals surface area contributed by atoms with Crippen LogP contribution in [0.1, 0.15) is 6.42 Å². The van der Waals surface area contributed by atoms with E-state index in [9.17, 15) is 0 Å². The first-order valence-electron chi connectivity index (χ1n) is 1.96. The lowest BCUT2D eigenvalue weighted by Gasteiger charge is -2.02. The largest absolute Gasteiger partial charge is 0.405 e. The number of rotatable bonds is 0. The molecule has 1 aliphatic heterocycles. The molecule has 0 aliphatic carbocycles. The molecule has 0 atom stereocenters. The highest BCUT2D eigenvalue weighted by atomic mass is 16.6. The Morgan fingerprint density at radius 3 is 3.00 bits per heavy atom. The Balaban J connectivity index is 2.26. The predicted octanol–water partition coefficient (Wildman–Crippen LogP) is 0.228. The zero-order chi connectivity index (χ0) is 4.24.